The van der Waals surface area contributed by atoms with Crippen molar-refractivity contribution < 1.29 is 14.0 Å². The van der Waals surface area contributed by atoms with Crippen molar-refractivity contribution in [2.24, 2.45) is 0 Å². The number of piperidine rings is 1. The molecule has 1 aromatic heterocycles. The van der Waals surface area contributed by atoms with Crippen molar-refractivity contribution >= 4 is 12.2 Å². The predicted octanol–water partition coefficient (Wildman–Crippen LogP) is 0.949. The third kappa shape index (κ3) is 3.43. The van der Waals surface area contributed by atoms with E-state index >= 15 is 0 Å². The lowest BCUT2D eigenvalue weighted by atomic mass is 10.0. The SMILES string of the molecule is O=CC1CCCCN1CC(=O)NCc1ccco1. The Morgan fingerprint density at radius 2 is 2.44 bits per heavy atom. The van der Waals surface area contributed by atoms with Gasteiger partial charge < -0.3 is 14.5 Å². The quantitative estimate of drug-likeness (QED) is 0.790. The number of aldehydes is 1. The molecule has 1 amide bonds. The van der Waals surface area contributed by atoms with Gasteiger partial charge in [0.1, 0.15) is 12.0 Å². The molecule has 1 N–H and O–H groups in total. The van der Waals surface area contributed by atoms with Crippen LogP contribution in [0.1, 0.15) is 25.0 Å². The number of nitrogens with zero attached hydrogens (tertiary/aromatic N) is 1. The lowest BCUT2D eigenvalue weighted by Crippen LogP contribution is -2.46. The van der Waals surface area contributed by atoms with Gasteiger partial charge in [0.2, 0.25) is 5.91 Å². The van der Waals surface area contributed by atoms with Gasteiger partial charge >= 0.3 is 0 Å². The first-order valence-electron chi connectivity index (χ1n) is 6.28. The summed E-state index contributed by atoms with van der Waals surface area (Å²) in [6, 6.07) is 3.50. The number of likely N-dealkylation sites (tertiary alicyclic amines) is 1. The number of carbonyl (C=O) groups excluding carboxylic acids is 2. The van der Waals surface area contributed by atoms with Crippen LogP contribution >= 0.6 is 0 Å². The zero-order chi connectivity index (χ0) is 12.8. The van der Waals surface area contributed by atoms with Crippen LogP contribution in [0.4, 0.5) is 0 Å². The van der Waals surface area contributed by atoms with Gasteiger partial charge in [-0.15, -0.1) is 0 Å². The van der Waals surface area contributed by atoms with Gasteiger partial charge in [-0.2, -0.15) is 0 Å². The monoisotopic (exact) mass is 250 g/mol. The molecule has 1 aliphatic rings. The Labute approximate surface area is 106 Å². The average molecular weight is 250 g/mol. The smallest absolute Gasteiger partial charge is 0.234 e. The Balaban J connectivity index is 1.77. The van der Waals surface area contributed by atoms with E-state index in [0.717, 1.165) is 37.9 Å². The number of amides is 1. The van der Waals surface area contributed by atoms with Gasteiger partial charge in [-0.1, -0.05) is 6.42 Å². The van der Waals surface area contributed by atoms with E-state index in [4.69, 9.17) is 4.42 Å². The van der Waals surface area contributed by atoms with Crippen LogP contribution in [0.2, 0.25) is 0 Å². The van der Waals surface area contributed by atoms with Gasteiger partial charge in [-0.25, -0.2) is 0 Å². The molecule has 2 rings (SSSR count). The number of hydrogen-bond acceptors (Lipinski definition) is 4. The van der Waals surface area contributed by atoms with Crippen LogP contribution < -0.4 is 5.32 Å². The summed E-state index contributed by atoms with van der Waals surface area (Å²) >= 11 is 0. The summed E-state index contributed by atoms with van der Waals surface area (Å²) in [5.41, 5.74) is 0. The Bertz CT molecular complexity index is 389. The number of rotatable bonds is 5. The second-order valence-electron chi connectivity index (χ2n) is 4.53. The molecule has 0 radical (unpaired) electrons. The largest absolute Gasteiger partial charge is 0.467 e. The van der Waals surface area contributed by atoms with Crippen molar-refractivity contribution in [2.75, 3.05) is 13.1 Å². The minimum atomic E-state index is -0.104. The molecule has 5 heteroatoms. The summed E-state index contributed by atoms with van der Waals surface area (Å²) in [5, 5.41) is 2.79. The zero-order valence-corrected chi connectivity index (χ0v) is 10.3. The van der Waals surface area contributed by atoms with E-state index in [9.17, 15) is 9.59 Å². The van der Waals surface area contributed by atoms with E-state index < -0.39 is 0 Å². The maximum atomic E-state index is 11.8. The van der Waals surface area contributed by atoms with Crippen LogP contribution in [0.25, 0.3) is 0 Å². The van der Waals surface area contributed by atoms with E-state index in [2.05, 4.69) is 5.32 Å². The molecule has 18 heavy (non-hydrogen) atoms. The summed E-state index contributed by atoms with van der Waals surface area (Å²) in [5.74, 6) is 0.661. The van der Waals surface area contributed by atoms with Gasteiger partial charge in [-0.05, 0) is 31.5 Å². The van der Waals surface area contributed by atoms with Crippen molar-refractivity contribution in [1.29, 1.82) is 0 Å². The van der Waals surface area contributed by atoms with Crippen molar-refractivity contribution in [3.05, 3.63) is 24.2 Å². The summed E-state index contributed by atoms with van der Waals surface area (Å²) in [6.45, 7) is 1.49. The van der Waals surface area contributed by atoms with Gasteiger partial charge in [0.15, 0.2) is 0 Å². The lowest BCUT2D eigenvalue weighted by molar-refractivity contribution is -0.124. The zero-order valence-electron chi connectivity index (χ0n) is 10.3. The topological polar surface area (TPSA) is 62.6 Å². The van der Waals surface area contributed by atoms with Crippen LogP contribution in [-0.4, -0.2) is 36.2 Å². The number of nitrogens with one attached hydrogen (secondary N) is 1. The standard InChI is InChI=1S/C13H18N2O3/c16-10-11-4-1-2-6-15(11)9-13(17)14-8-12-5-3-7-18-12/h3,5,7,10-11H,1-2,4,6,8-9H2,(H,14,17). The Morgan fingerprint density at radius 1 is 1.56 bits per heavy atom. The fourth-order valence-corrected chi connectivity index (χ4v) is 2.21. The summed E-state index contributed by atoms with van der Waals surface area (Å²) in [7, 11) is 0. The second kappa shape index (κ2) is 6.35. The van der Waals surface area contributed by atoms with Gasteiger partial charge in [0.05, 0.1) is 25.4 Å². The Hall–Kier alpha value is -1.62. The van der Waals surface area contributed by atoms with E-state index in [0.29, 0.717) is 6.54 Å². The van der Waals surface area contributed by atoms with E-state index in [-0.39, 0.29) is 18.5 Å². The first-order chi connectivity index (χ1) is 8.79. The molecule has 0 bridgehead atoms. The molecule has 0 saturated carbocycles. The summed E-state index contributed by atoms with van der Waals surface area (Å²) < 4.78 is 5.13. The van der Waals surface area contributed by atoms with Crippen LogP contribution in [0.5, 0.6) is 0 Å². The summed E-state index contributed by atoms with van der Waals surface area (Å²) in [4.78, 5) is 24.6. The van der Waals surface area contributed by atoms with E-state index in [1.807, 2.05) is 11.0 Å². The highest BCUT2D eigenvalue weighted by molar-refractivity contribution is 5.78. The minimum absolute atomic E-state index is 0.0693. The molecule has 2 heterocycles. The molecule has 1 saturated heterocycles. The van der Waals surface area contributed by atoms with Crippen molar-refractivity contribution in [1.82, 2.24) is 10.2 Å². The van der Waals surface area contributed by atoms with E-state index in [1.54, 1.807) is 12.3 Å². The molecular weight excluding hydrogens is 232 g/mol. The molecule has 1 aliphatic heterocycles. The molecule has 0 aliphatic carbocycles. The fourth-order valence-electron chi connectivity index (χ4n) is 2.21. The van der Waals surface area contributed by atoms with Crippen LogP contribution in [-0.2, 0) is 16.1 Å². The fraction of sp³-hybridized carbons (Fsp3) is 0.538. The highest BCUT2D eigenvalue weighted by Crippen LogP contribution is 2.14. The van der Waals surface area contributed by atoms with Gasteiger partial charge in [-0.3, -0.25) is 9.69 Å². The van der Waals surface area contributed by atoms with Crippen LogP contribution in [0.3, 0.4) is 0 Å². The molecule has 0 spiro atoms. The normalized spacial score (nSPS) is 20.6. The number of furan rings is 1. The van der Waals surface area contributed by atoms with Crippen LogP contribution in [0, 0.1) is 0 Å². The molecule has 1 aromatic rings. The molecule has 0 aromatic carbocycles. The Kier molecular flexibility index (Phi) is 4.52. The minimum Gasteiger partial charge on any atom is -0.467 e. The number of carbonyl (C=O) groups is 2. The van der Waals surface area contributed by atoms with Crippen molar-refractivity contribution in [3.63, 3.8) is 0 Å². The molecule has 5 nitrogen and oxygen atoms in total. The molecule has 1 unspecified atom stereocenters. The first-order valence-corrected chi connectivity index (χ1v) is 6.28. The van der Waals surface area contributed by atoms with Gasteiger partial charge in [0.25, 0.3) is 0 Å². The van der Waals surface area contributed by atoms with E-state index in [1.165, 1.54) is 0 Å². The highest BCUT2D eigenvalue weighted by atomic mass is 16.3. The summed E-state index contributed by atoms with van der Waals surface area (Å²) in [6.07, 6.45) is 5.49. The average Bonchev–Trinajstić information content (AvgIpc) is 2.90. The molecular formula is C13H18N2O3. The molecule has 1 atom stereocenters. The Morgan fingerprint density at radius 3 is 3.17 bits per heavy atom. The third-order valence-electron chi connectivity index (χ3n) is 3.21. The molecule has 98 valence electrons. The third-order valence-corrected chi connectivity index (χ3v) is 3.21. The molecule has 1 fully saturated rings. The van der Waals surface area contributed by atoms with Gasteiger partial charge in [0, 0.05) is 0 Å². The first kappa shape index (κ1) is 12.8. The maximum absolute atomic E-state index is 11.8. The van der Waals surface area contributed by atoms with Crippen LogP contribution in [0.15, 0.2) is 22.8 Å². The second-order valence-corrected chi connectivity index (χ2v) is 4.53. The maximum Gasteiger partial charge on any atom is 0.234 e. The van der Waals surface area contributed by atoms with Crippen molar-refractivity contribution in [3.8, 4) is 0 Å². The lowest BCUT2D eigenvalue weighted by Gasteiger charge is -2.31. The highest BCUT2D eigenvalue weighted by Gasteiger charge is 2.23. The number of hydrogen-bond donors (Lipinski definition) is 1. The van der Waals surface area contributed by atoms with Crippen molar-refractivity contribution in [2.45, 2.75) is 31.8 Å². The predicted molar refractivity (Wildman–Crippen MR) is 65.8 cm³/mol.